The smallest absolute Gasteiger partial charge is 0.288 e. The molecule has 10 heteroatoms. The maximum absolute atomic E-state index is 12.5. The van der Waals surface area contributed by atoms with Gasteiger partial charge in [0.2, 0.25) is 5.91 Å². The summed E-state index contributed by atoms with van der Waals surface area (Å²) in [5.74, 6) is -3.05. The maximum Gasteiger partial charge on any atom is 0.288 e. The van der Waals surface area contributed by atoms with E-state index in [1.165, 1.54) is 43.2 Å². The highest BCUT2D eigenvalue weighted by Gasteiger charge is 2.17. The molecule has 34 heavy (non-hydrogen) atoms. The van der Waals surface area contributed by atoms with E-state index in [4.69, 9.17) is 4.74 Å². The van der Waals surface area contributed by atoms with E-state index < -0.39 is 17.6 Å². The number of anilines is 1. The Balaban J connectivity index is 1.45. The Bertz CT molecular complexity index is 982. The number of thioether (sulfide) groups is 1. The summed E-state index contributed by atoms with van der Waals surface area (Å²) in [4.78, 5) is 37.1. The lowest BCUT2D eigenvalue weighted by molar-refractivity contribution is -0.122. The summed E-state index contributed by atoms with van der Waals surface area (Å²) < 4.78 is 30.3. The SMILES string of the molecule is O=C(CCC1CCCC1)NNC(=O)c1ccccc1OCC(=O)Nc1ccc(SC(F)F)cc1. The van der Waals surface area contributed by atoms with Crippen LogP contribution in [-0.4, -0.2) is 30.1 Å². The fourth-order valence-electron chi connectivity index (χ4n) is 3.73. The van der Waals surface area contributed by atoms with E-state index in [9.17, 15) is 23.2 Å². The monoisotopic (exact) mass is 491 g/mol. The molecule has 3 amide bonds. The van der Waals surface area contributed by atoms with Gasteiger partial charge in [0.1, 0.15) is 5.75 Å². The van der Waals surface area contributed by atoms with E-state index >= 15 is 0 Å². The first-order valence-corrected chi connectivity index (χ1v) is 11.9. The third kappa shape index (κ3) is 8.33. The van der Waals surface area contributed by atoms with Crippen LogP contribution in [0.15, 0.2) is 53.4 Å². The minimum Gasteiger partial charge on any atom is -0.483 e. The number of ether oxygens (including phenoxy) is 1. The van der Waals surface area contributed by atoms with Gasteiger partial charge in [-0.1, -0.05) is 49.6 Å². The Labute approximate surface area is 201 Å². The number of rotatable bonds is 10. The number of hydrogen-bond acceptors (Lipinski definition) is 5. The van der Waals surface area contributed by atoms with Gasteiger partial charge in [-0.25, -0.2) is 0 Å². The lowest BCUT2D eigenvalue weighted by Crippen LogP contribution is -2.41. The van der Waals surface area contributed by atoms with Crippen LogP contribution < -0.4 is 20.9 Å². The third-order valence-electron chi connectivity index (χ3n) is 5.42. The highest BCUT2D eigenvalue weighted by molar-refractivity contribution is 7.99. The molecule has 2 aromatic carbocycles. The van der Waals surface area contributed by atoms with Crippen molar-refractivity contribution < 1.29 is 27.9 Å². The van der Waals surface area contributed by atoms with Crippen molar-refractivity contribution in [3.63, 3.8) is 0 Å². The first kappa shape index (κ1) is 25.5. The Hall–Kier alpha value is -3.14. The van der Waals surface area contributed by atoms with Crippen LogP contribution in [0.5, 0.6) is 5.75 Å². The molecule has 0 aromatic heterocycles. The number of hydrogen-bond donors (Lipinski definition) is 3. The van der Waals surface area contributed by atoms with Crippen LogP contribution in [0, 0.1) is 5.92 Å². The van der Waals surface area contributed by atoms with Crippen LogP contribution in [-0.2, 0) is 9.59 Å². The predicted octanol–water partition coefficient (Wildman–Crippen LogP) is 4.75. The zero-order valence-corrected chi connectivity index (χ0v) is 19.3. The molecule has 0 spiro atoms. The molecule has 1 fully saturated rings. The Morgan fingerprint density at radius 3 is 2.38 bits per heavy atom. The molecule has 7 nitrogen and oxygen atoms in total. The van der Waals surface area contributed by atoms with E-state index in [-0.39, 0.29) is 23.8 Å². The van der Waals surface area contributed by atoms with Crippen molar-refractivity contribution in [2.45, 2.75) is 49.2 Å². The van der Waals surface area contributed by atoms with Crippen molar-refractivity contribution in [2.24, 2.45) is 5.92 Å². The van der Waals surface area contributed by atoms with E-state index in [0.717, 1.165) is 19.3 Å². The standard InChI is InChI=1S/C24H27F2N3O4S/c25-24(26)34-18-12-10-17(11-13-18)27-22(31)15-33-20-8-4-3-7-19(20)23(32)29-28-21(30)14-9-16-5-1-2-6-16/h3-4,7-8,10-13,16,24H,1-2,5-6,9,14-15H2,(H,27,31)(H,28,30)(H,29,32). The fourth-order valence-corrected chi connectivity index (χ4v) is 4.23. The molecular formula is C24H27F2N3O4S. The number of carbonyl (C=O) groups excluding carboxylic acids is 3. The number of amides is 3. The van der Waals surface area contributed by atoms with Crippen LogP contribution in [0.3, 0.4) is 0 Å². The van der Waals surface area contributed by atoms with Crippen LogP contribution in [0.25, 0.3) is 0 Å². The van der Waals surface area contributed by atoms with Gasteiger partial charge >= 0.3 is 0 Å². The van der Waals surface area contributed by atoms with Crippen molar-refractivity contribution in [3.05, 3.63) is 54.1 Å². The molecule has 0 bridgehead atoms. The largest absolute Gasteiger partial charge is 0.483 e. The molecular weight excluding hydrogens is 464 g/mol. The van der Waals surface area contributed by atoms with E-state index in [1.54, 1.807) is 18.2 Å². The van der Waals surface area contributed by atoms with E-state index in [1.807, 2.05) is 0 Å². The molecule has 0 radical (unpaired) electrons. The van der Waals surface area contributed by atoms with Crippen LogP contribution in [0.1, 0.15) is 48.9 Å². The summed E-state index contributed by atoms with van der Waals surface area (Å²) >= 11 is 0.417. The number of alkyl halides is 2. The molecule has 1 aliphatic carbocycles. The van der Waals surface area contributed by atoms with Gasteiger partial charge in [-0.2, -0.15) is 8.78 Å². The minimum atomic E-state index is -2.52. The zero-order valence-electron chi connectivity index (χ0n) is 18.5. The highest BCUT2D eigenvalue weighted by Crippen LogP contribution is 2.28. The first-order chi connectivity index (χ1) is 16.4. The average Bonchev–Trinajstić information content (AvgIpc) is 3.35. The normalized spacial score (nSPS) is 13.5. The summed E-state index contributed by atoms with van der Waals surface area (Å²) in [5.41, 5.74) is 5.41. The lowest BCUT2D eigenvalue weighted by Gasteiger charge is -2.13. The third-order valence-corrected chi connectivity index (χ3v) is 6.15. The van der Waals surface area contributed by atoms with Gasteiger partial charge in [0.05, 0.1) is 5.56 Å². The first-order valence-electron chi connectivity index (χ1n) is 11.1. The second-order valence-corrected chi connectivity index (χ2v) is 8.99. The minimum absolute atomic E-state index is 0.166. The number of carbonyl (C=O) groups is 3. The van der Waals surface area contributed by atoms with Crippen LogP contribution in [0.2, 0.25) is 0 Å². The van der Waals surface area contributed by atoms with Gasteiger partial charge in [0.15, 0.2) is 6.61 Å². The Morgan fingerprint density at radius 2 is 1.68 bits per heavy atom. The Morgan fingerprint density at radius 1 is 0.971 bits per heavy atom. The summed E-state index contributed by atoms with van der Waals surface area (Å²) in [7, 11) is 0. The molecule has 2 aromatic rings. The molecule has 3 N–H and O–H groups in total. The number of benzene rings is 2. The van der Waals surface area contributed by atoms with Gasteiger partial charge < -0.3 is 10.1 Å². The molecule has 0 saturated heterocycles. The van der Waals surface area contributed by atoms with E-state index in [0.29, 0.717) is 34.7 Å². The Kier molecular flexibility index (Phi) is 9.69. The number of hydrazine groups is 1. The van der Waals surface area contributed by atoms with Gasteiger partial charge in [-0.15, -0.1) is 0 Å². The summed E-state index contributed by atoms with van der Waals surface area (Å²) in [6, 6.07) is 12.3. The van der Waals surface area contributed by atoms with E-state index in [2.05, 4.69) is 16.2 Å². The van der Waals surface area contributed by atoms with Crippen molar-refractivity contribution in [2.75, 3.05) is 11.9 Å². The molecule has 1 saturated carbocycles. The molecule has 182 valence electrons. The summed E-state index contributed by atoms with van der Waals surface area (Å²) in [5, 5.41) is 2.60. The maximum atomic E-state index is 12.5. The van der Waals surface area contributed by atoms with Gasteiger partial charge in [0.25, 0.3) is 17.6 Å². The number of halogens is 2. The molecule has 0 unspecified atom stereocenters. The highest BCUT2D eigenvalue weighted by atomic mass is 32.2. The second-order valence-electron chi connectivity index (χ2n) is 7.93. The van der Waals surface area contributed by atoms with Crippen molar-refractivity contribution in [1.82, 2.24) is 10.9 Å². The van der Waals surface area contributed by atoms with Gasteiger partial charge in [-0.3, -0.25) is 25.2 Å². The summed E-state index contributed by atoms with van der Waals surface area (Å²) in [6.45, 7) is -0.369. The van der Waals surface area contributed by atoms with Crippen LogP contribution in [0.4, 0.5) is 14.5 Å². The summed E-state index contributed by atoms with van der Waals surface area (Å²) in [6.07, 6.45) is 5.90. The molecule has 0 aliphatic heterocycles. The fraction of sp³-hybridized carbons (Fsp3) is 0.375. The lowest BCUT2D eigenvalue weighted by atomic mass is 10.0. The van der Waals surface area contributed by atoms with Gasteiger partial charge in [-0.05, 0) is 48.7 Å². The predicted molar refractivity (Wildman–Crippen MR) is 126 cm³/mol. The van der Waals surface area contributed by atoms with Crippen molar-refractivity contribution >= 4 is 35.2 Å². The van der Waals surface area contributed by atoms with Crippen molar-refractivity contribution in [1.29, 1.82) is 0 Å². The second kappa shape index (κ2) is 12.9. The molecule has 1 aliphatic rings. The quantitative estimate of drug-likeness (QED) is 0.329. The molecule has 0 heterocycles. The number of para-hydroxylation sites is 1. The topological polar surface area (TPSA) is 96.5 Å². The van der Waals surface area contributed by atoms with Crippen LogP contribution >= 0.6 is 11.8 Å². The zero-order chi connectivity index (χ0) is 24.3. The van der Waals surface area contributed by atoms with Crippen molar-refractivity contribution in [3.8, 4) is 5.75 Å². The molecule has 3 rings (SSSR count). The molecule has 0 atom stereocenters. The van der Waals surface area contributed by atoms with Gasteiger partial charge in [0, 0.05) is 17.0 Å². The average molecular weight is 492 g/mol. The number of nitrogens with one attached hydrogen (secondary N) is 3.